The molecule has 0 saturated carbocycles. The van der Waals surface area contributed by atoms with Crippen molar-refractivity contribution in [3.8, 4) is 5.75 Å². The van der Waals surface area contributed by atoms with Crippen LogP contribution in [0.4, 0.5) is 33.5 Å². The van der Waals surface area contributed by atoms with E-state index in [1.54, 1.807) is 20.2 Å². The first-order chi connectivity index (χ1) is 21.9. The molecule has 2 amide bonds. The minimum absolute atomic E-state index is 0.320. The van der Waals surface area contributed by atoms with Crippen molar-refractivity contribution in [3.63, 3.8) is 0 Å². The predicted octanol–water partition coefficient (Wildman–Crippen LogP) is 5.75. The van der Waals surface area contributed by atoms with Gasteiger partial charge in [-0.25, -0.2) is 14.8 Å². The maximum atomic E-state index is 13.4. The van der Waals surface area contributed by atoms with Crippen molar-refractivity contribution in [2.75, 3.05) is 67.3 Å². The lowest BCUT2D eigenvalue weighted by atomic mass is 10.1. The largest absolute Gasteiger partial charge is 0.497 e. The van der Waals surface area contributed by atoms with Crippen LogP contribution in [0.25, 0.3) is 10.9 Å². The molecular formula is C34H39N9O2. The SMILES string of the molecule is CCN1CCN(c2ccc(Nc3cc(N(C)C(=O)Nc4cccc5c4c(C)nn5Cc4cccc(OC)c4)ncn3)cc2)CC1. The summed E-state index contributed by atoms with van der Waals surface area (Å²) in [5, 5.41) is 12.1. The average Bonchev–Trinajstić information content (AvgIpc) is 3.40. The molecule has 45 heavy (non-hydrogen) atoms. The number of aryl methyl sites for hydroxylation is 1. The van der Waals surface area contributed by atoms with E-state index in [-0.39, 0.29) is 6.03 Å². The van der Waals surface area contributed by atoms with Gasteiger partial charge in [0.05, 0.1) is 30.6 Å². The molecule has 1 fully saturated rings. The Balaban J connectivity index is 1.13. The lowest BCUT2D eigenvalue weighted by molar-refractivity contribution is 0.258. The number of carbonyl (C=O) groups is 1. The molecular weight excluding hydrogens is 566 g/mol. The summed E-state index contributed by atoms with van der Waals surface area (Å²) in [6, 6.07) is 23.6. The summed E-state index contributed by atoms with van der Waals surface area (Å²) in [6.07, 6.45) is 1.45. The van der Waals surface area contributed by atoms with Crippen LogP contribution in [0.15, 0.2) is 79.1 Å². The van der Waals surface area contributed by atoms with Crippen molar-refractivity contribution in [2.45, 2.75) is 20.4 Å². The maximum absolute atomic E-state index is 13.4. The summed E-state index contributed by atoms with van der Waals surface area (Å²) in [7, 11) is 3.35. The number of nitrogens with one attached hydrogen (secondary N) is 2. The van der Waals surface area contributed by atoms with E-state index in [1.165, 1.54) is 16.9 Å². The third kappa shape index (κ3) is 6.68. The number of ether oxygens (including phenoxy) is 1. The quantitative estimate of drug-likeness (QED) is 0.219. The molecule has 0 unspecified atom stereocenters. The van der Waals surface area contributed by atoms with Crippen LogP contribution in [-0.2, 0) is 6.54 Å². The van der Waals surface area contributed by atoms with Gasteiger partial charge in [-0.1, -0.05) is 25.1 Å². The van der Waals surface area contributed by atoms with Gasteiger partial charge in [0.25, 0.3) is 0 Å². The number of methoxy groups -OCH3 is 1. The Morgan fingerprint density at radius 2 is 1.76 bits per heavy atom. The van der Waals surface area contributed by atoms with E-state index in [0.29, 0.717) is 23.9 Å². The molecule has 0 atom stereocenters. The van der Waals surface area contributed by atoms with Gasteiger partial charge in [0.2, 0.25) is 0 Å². The zero-order valence-electron chi connectivity index (χ0n) is 26.2. The minimum atomic E-state index is -0.320. The summed E-state index contributed by atoms with van der Waals surface area (Å²) in [4.78, 5) is 28.5. The van der Waals surface area contributed by atoms with Crippen LogP contribution in [0.3, 0.4) is 0 Å². The summed E-state index contributed by atoms with van der Waals surface area (Å²) in [5.41, 5.74) is 5.64. The van der Waals surface area contributed by atoms with Gasteiger partial charge in [-0.2, -0.15) is 5.10 Å². The molecule has 2 N–H and O–H groups in total. The number of nitrogens with zero attached hydrogens (tertiary/aromatic N) is 7. The number of carbonyl (C=O) groups excluding carboxylic acids is 1. The molecule has 0 aliphatic carbocycles. The van der Waals surface area contributed by atoms with Gasteiger partial charge in [-0.05, 0) is 67.6 Å². The monoisotopic (exact) mass is 605 g/mol. The highest BCUT2D eigenvalue weighted by atomic mass is 16.5. The fourth-order valence-electron chi connectivity index (χ4n) is 5.72. The Labute approximate surface area is 263 Å². The van der Waals surface area contributed by atoms with E-state index in [1.807, 2.05) is 54.1 Å². The second kappa shape index (κ2) is 13.2. The first-order valence-corrected chi connectivity index (χ1v) is 15.2. The van der Waals surface area contributed by atoms with Crippen molar-refractivity contribution in [1.82, 2.24) is 24.6 Å². The van der Waals surface area contributed by atoms with Gasteiger partial charge in [0.1, 0.15) is 23.7 Å². The molecule has 0 bridgehead atoms. The first-order valence-electron chi connectivity index (χ1n) is 15.2. The smallest absolute Gasteiger partial charge is 0.327 e. The van der Waals surface area contributed by atoms with Crippen LogP contribution in [0, 0.1) is 6.92 Å². The highest BCUT2D eigenvalue weighted by Gasteiger charge is 2.19. The van der Waals surface area contributed by atoms with Crippen molar-refractivity contribution >= 4 is 45.6 Å². The van der Waals surface area contributed by atoms with E-state index in [0.717, 1.165) is 66.3 Å². The Hall–Kier alpha value is -5.16. The maximum Gasteiger partial charge on any atom is 0.327 e. The number of urea groups is 1. The van der Waals surface area contributed by atoms with Crippen molar-refractivity contribution in [1.29, 1.82) is 0 Å². The number of benzene rings is 3. The molecule has 0 spiro atoms. The van der Waals surface area contributed by atoms with Crippen molar-refractivity contribution < 1.29 is 9.53 Å². The van der Waals surface area contributed by atoms with Crippen molar-refractivity contribution in [3.05, 3.63) is 90.4 Å². The van der Waals surface area contributed by atoms with E-state index in [2.05, 4.69) is 61.6 Å². The second-order valence-electron chi connectivity index (χ2n) is 11.1. The van der Waals surface area contributed by atoms with Gasteiger partial charge < -0.3 is 25.2 Å². The Morgan fingerprint density at radius 1 is 0.978 bits per heavy atom. The van der Waals surface area contributed by atoms with Gasteiger partial charge >= 0.3 is 6.03 Å². The molecule has 1 saturated heterocycles. The molecule has 0 radical (unpaired) electrons. The Kier molecular flexibility index (Phi) is 8.79. The summed E-state index contributed by atoms with van der Waals surface area (Å²) >= 11 is 0. The third-order valence-corrected chi connectivity index (χ3v) is 8.29. The van der Waals surface area contributed by atoms with Gasteiger partial charge in [0, 0.05) is 56.1 Å². The first kappa shape index (κ1) is 29.9. The highest BCUT2D eigenvalue weighted by Crippen LogP contribution is 2.29. The lowest BCUT2D eigenvalue weighted by Crippen LogP contribution is -2.46. The fraction of sp³-hybridized carbons (Fsp3) is 0.294. The van der Waals surface area contributed by atoms with Crippen molar-refractivity contribution in [2.24, 2.45) is 0 Å². The number of piperazine rings is 1. The second-order valence-corrected chi connectivity index (χ2v) is 11.1. The van der Waals surface area contributed by atoms with Gasteiger partial charge in [0.15, 0.2) is 0 Å². The zero-order chi connectivity index (χ0) is 31.3. The molecule has 1 aliphatic rings. The fourth-order valence-corrected chi connectivity index (χ4v) is 5.72. The standard InChI is InChI=1S/C34H39N9O2/c1-5-41-16-18-42(19-17-41)27-14-12-26(13-15-27)37-31-21-32(36-23-35-31)40(3)34(44)38-29-10-7-11-30-33(29)24(2)39-43(30)22-25-8-6-9-28(20-25)45-4/h6-15,20-21,23H,5,16-19,22H2,1-4H3,(H,38,44)(H,35,36,37). The average molecular weight is 606 g/mol. The summed E-state index contributed by atoms with van der Waals surface area (Å²) < 4.78 is 7.32. The van der Waals surface area contributed by atoms with Crippen LogP contribution in [0.2, 0.25) is 0 Å². The van der Waals surface area contributed by atoms with Crippen LogP contribution in [0.1, 0.15) is 18.2 Å². The molecule has 5 aromatic rings. The topological polar surface area (TPSA) is 104 Å². The minimum Gasteiger partial charge on any atom is -0.497 e. The number of rotatable bonds is 9. The van der Waals surface area contributed by atoms with Gasteiger partial charge in [-0.15, -0.1) is 0 Å². The number of aromatic nitrogens is 4. The predicted molar refractivity (Wildman–Crippen MR) is 180 cm³/mol. The van der Waals surface area contributed by atoms with Crippen LogP contribution in [-0.4, -0.2) is 77.6 Å². The van der Waals surface area contributed by atoms with E-state index >= 15 is 0 Å². The summed E-state index contributed by atoms with van der Waals surface area (Å²) in [5.74, 6) is 1.86. The molecule has 6 rings (SSSR count). The normalized spacial score (nSPS) is 13.6. The van der Waals surface area contributed by atoms with Gasteiger partial charge in [-0.3, -0.25) is 9.58 Å². The highest BCUT2D eigenvalue weighted by molar-refractivity contribution is 6.07. The molecule has 3 heterocycles. The number of fused-ring (bicyclic) bond motifs is 1. The summed E-state index contributed by atoms with van der Waals surface area (Å²) in [6.45, 7) is 10.1. The zero-order valence-corrected chi connectivity index (χ0v) is 26.2. The van der Waals surface area contributed by atoms with Crippen LogP contribution < -0.4 is 25.2 Å². The van der Waals surface area contributed by atoms with Crippen LogP contribution >= 0.6 is 0 Å². The lowest BCUT2D eigenvalue weighted by Gasteiger charge is -2.35. The molecule has 232 valence electrons. The molecule has 1 aliphatic heterocycles. The number of anilines is 5. The molecule has 11 heteroatoms. The van der Waals surface area contributed by atoms with E-state index < -0.39 is 0 Å². The van der Waals surface area contributed by atoms with E-state index in [9.17, 15) is 4.79 Å². The molecule has 3 aromatic carbocycles. The van der Waals surface area contributed by atoms with E-state index in [4.69, 9.17) is 9.84 Å². The number of hydrogen-bond donors (Lipinski definition) is 2. The number of amides is 2. The molecule has 2 aromatic heterocycles. The Bertz CT molecular complexity index is 1780. The molecule has 11 nitrogen and oxygen atoms in total. The number of hydrogen-bond acceptors (Lipinski definition) is 8. The Morgan fingerprint density at radius 3 is 2.51 bits per heavy atom. The van der Waals surface area contributed by atoms with Crippen LogP contribution in [0.5, 0.6) is 5.75 Å². The third-order valence-electron chi connectivity index (χ3n) is 8.29. The number of likely N-dealkylation sites (N-methyl/N-ethyl adjacent to an activating group) is 1.